The highest BCUT2D eigenvalue weighted by atomic mass is 16.5. The molecule has 0 heterocycles. The summed E-state index contributed by atoms with van der Waals surface area (Å²) in [4.78, 5) is 11.3. The van der Waals surface area contributed by atoms with Gasteiger partial charge in [0, 0.05) is 18.2 Å². The molecule has 22 heavy (non-hydrogen) atoms. The van der Waals surface area contributed by atoms with Crippen molar-refractivity contribution in [2.45, 2.75) is 37.5 Å². The molecule has 1 unspecified atom stereocenters. The average molecular weight is 310 g/mol. The van der Waals surface area contributed by atoms with Gasteiger partial charge in [0.05, 0.1) is 6.61 Å². The number of aliphatic carboxylic acids is 1. The highest BCUT2D eigenvalue weighted by Crippen LogP contribution is 2.20. The standard InChI is InChI=1S/C14H23BN2O5/c16-11-4-3-5-12(10-11)22-9-7-14(17,13(18)19)6-1-2-8-15(20)21/h3-5,10,20-21H,1-2,6-9,16-17H2,(H,18,19). The zero-order valence-electron chi connectivity index (χ0n) is 12.4. The van der Waals surface area contributed by atoms with E-state index in [-0.39, 0.29) is 25.8 Å². The SMILES string of the molecule is Nc1cccc(OCCC(N)(CCCCB(O)O)C(=O)O)c1. The van der Waals surface area contributed by atoms with E-state index in [2.05, 4.69) is 0 Å². The molecule has 0 bridgehead atoms. The molecule has 7 nitrogen and oxygen atoms in total. The molecule has 0 amide bonds. The zero-order valence-corrected chi connectivity index (χ0v) is 12.4. The second kappa shape index (κ2) is 8.62. The molecule has 1 atom stereocenters. The van der Waals surface area contributed by atoms with Crippen LogP contribution in [0.1, 0.15) is 25.7 Å². The first kappa shape index (κ1) is 18.3. The van der Waals surface area contributed by atoms with Crippen LogP contribution in [-0.4, -0.2) is 40.4 Å². The summed E-state index contributed by atoms with van der Waals surface area (Å²) in [5.74, 6) is -0.524. The molecule has 0 radical (unpaired) electrons. The van der Waals surface area contributed by atoms with Gasteiger partial charge in [-0.1, -0.05) is 18.9 Å². The molecule has 0 aliphatic carbocycles. The number of hydrogen-bond acceptors (Lipinski definition) is 6. The molecule has 1 aromatic rings. The van der Waals surface area contributed by atoms with Crippen LogP contribution in [-0.2, 0) is 4.79 Å². The third-order valence-electron chi connectivity index (χ3n) is 3.44. The zero-order chi connectivity index (χ0) is 16.6. The van der Waals surface area contributed by atoms with Crippen molar-refractivity contribution in [1.82, 2.24) is 0 Å². The molecule has 0 spiro atoms. The van der Waals surface area contributed by atoms with Crippen LogP contribution in [0, 0.1) is 0 Å². The molecule has 8 heteroatoms. The fourth-order valence-electron chi connectivity index (χ4n) is 2.06. The third kappa shape index (κ3) is 6.34. The highest BCUT2D eigenvalue weighted by molar-refractivity contribution is 6.40. The Hall–Kier alpha value is -1.77. The summed E-state index contributed by atoms with van der Waals surface area (Å²) in [7, 11) is -1.37. The summed E-state index contributed by atoms with van der Waals surface area (Å²) < 4.78 is 5.47. The topological polar surface area (TPSA) is 139 Å². The van der Waals surface area contributed by atoms with Crippen molar-refractivity contribution in [2.75, 3.05) is 12.3 Å². The summed E-state index contributed by atoms with van der Waals surface area (Å²) >= 11 is 0. The summed E-state index contributed by atoms with van der Waals surface area (Å²) in [6.45, 7) is 0.162. The molecular weight excluding hydrogens is 287 g/mol. The molecule has 0 aliphatic heterocycles. The minimum atomic E-state index is -1.39. The van der Waals surface area contributed by atoms with Gasteiger partial charge in [-0.3, -0.25) is 4.79 Å². The number of nitrogens with two attached hydrogens (primary N) is 2. The van der Waals surface area contributed by atoms with Crippen LogP contribution in [0.2, 0.25) is 6.32 Å². The largest absolute Gasteiger partial charge is 0.493 e. The van der Waals surface area contributed by atoms with Crippen molar-refractivity contribution in [1.29, 1.82) is 0 Å². The predicted octanol–water partition coefficient (Wildman–Crippen LogP) is 0.463. The molecule has 0 saturated carbocycles. The first-order valence-corrected chi connectivity index (χ1v) is 7.20. The Labute approximate surface area is 130 Å². The average Bonchev–Trinajstić information content (AvgIpc) is 2.43. The Bertz CT molecular complexity index is 486. The molecule has 7 N–H and O–H groups in total. The first-order valence-electron chi connectivity index (χ1n) is 7.20. The quantitative estimate of drug-likeness (QED) is 0.240. The number of rotatable bonds is 10. The van der Waals surface area contributed by atoms with Crippen molar-refractivity contribution >= 4 is 18.8 Å². The molecular formula is C14H23BN2O5. The van der Waals surface area contributed by atoms with E-state index in [4.69, 9.17) is 26.3 Å². The van der Waals surface area contributed by atoms with E-state index < -0.39 is 18.6 Å². The number of hydrogen-bond donors (Lipinski definition) is 5. The molecule has 0 saturated heterocycles. The minimum absolute atomic E-state index is 0.152. The van der Waals surface area contributed by atoms with Gasteiger partial charge in [-0.05, 0) is 24.9 Å². The number of carbonyl (C=O) groups is 1. The van der Waals surface area contributed by atoms with E-state index in [1.807, 2.05) is 0 Å². The lowest BCUT2D eigenvalue weighted by Crippen LogP contribution is -2.49. The van der Waals surface area contributed by atoms with Crippen LogP contribution in [0.25, 0.3) is 0 Å². The maximum atomic E-state index is 11.3. The Morgan fingerprint density at radius 2 is 2.00 bits per heavy atom. The van der Waals surface area contributed by atoms with E-state index in [1.54, 1.807) is 24.3 Å². The summed E-state index contributed by atoms with van der Waals surface area (Å²) in [5.41, 5.74) is 10.7. The third-order valence-corrected chi connectivity index (χ3v) is 3.44. The van der Waals surface area contributed by atoms with Gasteiger partial charge in [-0.25, -0.2) is 0 Å². The molecule has 0 aliphatic rings. The van der Waals surface area contributed by atoms with Gasteiger partial charge < -0.3 is 31.4 Å². The number of carboxylic acids is 1. The Morgan fingerprint density at radius 1 is 1.27 bits per heavy atom. The Balaban J connectivity index is 2.44. The highest BCUT2D eigenvalue weighted by Gasteiger charge is 2.33. The van der Waals surface area contributed by atoms with Gasteiger partial charge in [-0.15, -0.1) is 0 Å². The second-order valence-corrected chi connectivity index (χ2v) is 5.36. The van der Waals surface area contributed by atoms with Gasteiger partial charge in [0.15, 0.2) is 0 Å². The van der Waals surface area contributed by atoms with Gasteiger partial charge in [0.1, 0.15) is 11.3 Å². The summed E-state index contributed by atoms with van der Waals surface area (Å²) in [6, 6.07) is 6.87. The van der Waals surface area contributed by atoms with E-state index in [9.17, 15) is 9.90 Å². The van der Waals surface area contributed by atoms with Crippen LogP contribution in [0.4, 0.5) is 5.69 Å². The lowest BCUT2D eigenvalue weighted by Gasteiger charge is -2.24. The van der Waals surface area contributed by atoms with Crippen LogP contribution in [0.5, 0.6) is 5.75 Å². The number of anilines is 1. The smallest absolute Gasteiger partial charge is 0.451 e. The molecule has 0 aromatic heterocycles. The van der Waals surface area contributed by atoms with Gasteiger partial charge in [0.25, 0.3) is 0 Å². The number of carboxylic acid groups (broad SMARTS) is 1. The van der Waals surface area contributed by atoms with Crippen molar-refractivity contribution in [3.63, 3.8) is 0 Å². The van der Waals surface area contributed by atoms with Crippen LogP contribution >= 0.6 is 0 Å². The van der Waals surface area contributed by atoms with Crippen molar-refractivity contribution in [2.24, 2.45) is 5.73 Å². The molecule has 1 rings (SSSR count). The van der Waals surface area contributed by atoms with E-state index >= 15 is 0 Å². The lowest BCUT2D eigenvalue weighted by atomic mass is 9.81. The van der Waals surface area contributed by atoms with Crippen molar-refractivity contribution < 1.29 is 24.7 Å². The Kier molecular flexibility index (Phi) is 7.17. The molecule has 0 fully saturated rings. The monoisotopic (exact) mass is 310 g/mol. The van der Waals surface area contributed by atoms with Gasteiger partial charge in [-0.2, -0.15) is 0 Å². The van der Waals surface area contributed by atoms with E-state index in [0.29, 0.717) is 24.3 Å². The molecule has 1 aromatic carbocycles. The summed E-state index contributed by atoms with van der Waals surface area (Å²) in [5, 5.41) is 26.8. The number of unbranched alkanes of at least 4 members (excludes halogenated alkanes) is 1. The van der Waals surface area contributed by atoms with Crippen LogP contribution in [0.15, 0.2) is 24.3 Å². The normalized spacial score (nSPS) is 13.4. The van der Waals surface area contributed by atoms with Gasteiger partial charge >= 0.3 is 13.1 Å². The number of benzene rings is 1. The van der Waals surface area contributed by atoms with E-state index in [1.165, 1.54) is 0 Å². The maximum absolute atomic E-state index is 11.3. The fraction of sp³-hybridized carbons (Fsp3) is 0.500. The first-order chi connectivity index (χ1) is 10.3. The lowest BCUT2D eigenvalue weighted by molar-refractivity contribution is -0.144. The maximum Gasteiger partial charge on any atom is 0.451 e. The number of ether oxygens (including phenoxy) is 1. The van der Waals surface area contributed by atoms with Gasteiger partial charge in [0.2, 0.25) is 0 Å². The Morgan fingerprint density at radius 3 is 2.59 bits per heavy atom. The number of nitrogen functional groups attached to an aromatic ring is 1. The summed E-state index contributed by atoms with van der Waals surface area (Å²) in [6.07, 6.45) is 1.60. The van der Waals surface area contributed by atoms with Crippen LogP contribution in [0.3, 0.4) is 0 Å². The minimum Gasteiger partial charge on any atom is -0.493 e. The van der Waals surface area contributed by atoms with Crippen molar-refractivity contribution in [3.8, 4) is 5.75 Å². The fourth-order valence-corrected chi connectivity index (χ4v) is 2.06. The van der Waals surface area contributed by atoms with Crippen molar-refractivity contribution in [3.05, 3.63) is 24.3 Å². The molecule has 122 valence electrons. The van der Waals surface area contributed by atoms with E-state index in [0.717, 1.165) is 0 Å². The second-order valence-electron chi connectivity index (χ2n) is 5.36. The predicted molar refractivity (Wildman–Crippen MR) is 84.4 cm³/mol. The van der Waals surface area contributed by atoms with Crippen LogP contribution < -0.4 is 16.2 Å².